The first-order valence-electron chi connectivity index (χ1n) is 17.8. The molecule has 2 saturated heterocycles. The van der Waals surface area contributed by atoms with Crippen LogP contribution < -0.4 is 5.32 Å². The number of aliphatic hydroxyl groups is 1. The maximum Gasteiger partial charge on any atom is 0.313 e. The van der Waals surface area contributed by atoms with Gasteiger partial charge in [-0.2, -0.15) is 0 Å². The summed E-state index contributed by atoms with van der Waals surface area (Å²) in [4.78, 5) is 60.7. The summed E-state index contributed by atoms with van der Waals surface area (Å²) in [6.07, 6.45) is 4.65. The number of para-hydroxylation sites is 1. The van der Waals surface area contributed by atoms with Crippen molar-refractivity contribution in [2.75, 3.05) is 13.2 Å². The van der Waals surface area contributed by atoms with Gasteiger partial charge in [-0.1, -0.05) is 89.6 Å². The number of carbonyl (C=O) groups is 4. The number of hydrogen-bond acceptors (Lipinski definition) is 9. The fraction of sp³-hybridized carbons (Fsp3) is 0.474. The highest BCUT2D eigenvalue weighted by molar-refractivity contribution is 9.11. The number of esters is 1. The third-order valence-corrected chi connectivity index (χ3v) is 11.2. The molecule has 3 amide bonds. The molecule has 0 radical (unpaired) electrons. The van der Waals surface area contributed by atoms with Gasteiger partial charge >= 0.3 is 5.97 Å². The van der Waals surface area contributed by atoms with Crippen LogP contribution in [0.2, 0.25) is 0 Å². The standard InChI is InChI=1S/C38H43BrN6O7/c1-22(2)18-25(20-46)45-34-36(49)43(21-44-28-15-10-9-14-27(28)41-42-44)17-11-5-8-16-29(47)40-23(3)32(24-12-6-4-7-13-24)51-37(50)30-31(35(45)48)38(34)19-26(39)33(30)52-38/h4-7,9-15,19,22-23,25,30-34,46H,8,16-18,20-21H2,1-3H3,(H,40,47)/b11-5-/t23-,25+,30+,31-,32+,33+,34+,38-/m0/s1. The highest BCUT2D eigenvalue weighted by Gasteiger charge is 2.75. The second-order valence-corrected chi connectivity index (χ2v) is 15.4. The van der Waals surface area contributed by atoms with Crippen molar-refractivity contribution in [1.29, 1.82) is 0 Å². The van der Waals surface area contributed by atoms with E-state index in [-0.39, 0.29) is 38.1 Å². The number of nitrogens with zero attached hydrogens (tertiary/aromatic N) is 5. The lowest BCUT2D eigenvalue weighted by molar-refractivity contribution is -0.162. The molecule has 1 spiro atoms. The molecule has 4 aliphatic rings. The van der Waals surface area contributed by atoms with Gasteiger partial charge in [0, 0.05) is 17.4 Å². The SMILES string of the molecule is CC(C)C[C@H](CO)N1C(=O)[C@@H]2[C@H]3C(=O)O[C@@H](c4ccccc4)[C@H](C)NC(=O)CC/C=C\CN(Cn4nnc5ccccc54)C(=O)[C@@H]1[C@]21C=C(Br)[C@H]3O1. The van der Waals surface area contributed by atoms with Crippen molar-refractivity contribution in [1.82, 2.24) is 30.1 Å². The number of amides is 3. The predicted octanol–water partition coefficient (Wildman–Crippen LogP) is 3.64. The zero-order valence-electron chi connectivity index (χ0n) is 29.3. The third-order valence-electron chi connectivity index (χ3n) is 10.5. The van der Waals surface area contributed by atoms with E-state index in [1.807, 2.05) is 80.6 Å². The number of aliphatic hydroxyl groups excluding tert-OH is 1. The molecular formula is C38H43BrN6O7. The number of hydrogen-bond donors (Lipinski definition) is 2. The monoisotopic (exact) mass is 774 g/mol. The maximum absolute atomic E-state index is 15.2. The Bertz CT molecular complexity index is 1920. The summed E-state index contributed by atoms with van der Waals surface area (Å²) < 4.78 is 15.1. The Labute approximate surface area is 310 Å². The number of carbonyl (C=O) groups excluding carboxylic acids is 4. The second kappa shape index (κ2) is 14.6. The minimum absolute atomic E-state index is 0.00647. The van der Waals surface area contributed by atoms with Gasteiger partial charge in [-0.25, -0.2) is 4.68 Å². The molecule has 0 unspecified atom stereocenters. The Balaban J connectivity index is 1.35. The zero-order chi connectivity index (χ0) is 36.7. The predicted molar refractivity (Wildman–Crippen MR) is 193 cm³/mol. The fourth-order valence-electron chi connectivity index (χ4n) is 8.23. The molecule has 0 aliphatic carbocycles. The molecule has 52 heavy (non-hydrogen) atoms. The third kappa shape index (κ3) is 6.34. The first-order valence-corrected chi connectivity index (χ1v) is 18.6. The minimum atomic E-state index is -1.53. The van der Waals surface area contributed by atoms with Gasteiger partial charge in [-0.3, -0.25) is 19.2 Å². The van der Waals surface area contributed by atoms with Gasteiger partial charge < -0.3 is 29.7 Å². The van der Waals surface area contributed by atoms with E-state index in [1.54, 1.807) is 22.6 Å². The van der Waals surface area contributed by atoms with Gasteiger partial charge in [-0.15, -0.1) is 5.10 Å². The van der Waals surface area contributed by atoms with Crippen molar-refractivity contribution >= 4 is 50.7 Å². The van der Waals surface area contributed by atoms with Gasteiger partial charge in [0.15, 0.2) is 0 Å². The summed E-state index contributed by atoms with van der Waals surface area (Å²) in [5.74, 6) is -3.94. The van der Waals surface area contributed by atoms with Crippen molar-refractivity contribution in [2.45, 2.75) is 82.6 Å². The molecule has 0 saturated carbocycles. The quantitative estimate of drug-likeness (QED) is 0.271. The van der Waals surface area contributed by atoms with E-state index >= 15 is 4.79 Å². The normalized spacial score (nSPS) is 30.8. The van der Waals surface area contributed by atoms with E-state index in [2.05, 4.69) is 31.6 Å². The van der Waals surface area contributed by atoms with E-state index in [0.29, 0.717) is 33.9 Å². The number of aromatic nitrogens is 3. The fourth-order valence-corrected chi connectivity index (χ4v) is 8.97. The van der Waals surface area contributed by atoms with Crippen LogP contribution in [-0.4, -0.2) is 96.6 Å². The molecule has 3 aromatic rings. The van der Waals surface area contributed by atoms with Crippen LogP contribution in [0.1, 0.15) is 51.7 Å². The zero-order valence-corrected chi connectivity index (χ0v) is 30.9. The molecule has 2 N–H and O–H groups in total. The molecule has 5 heterocycles. The van der Waals surface area contributed by atoms with Gasteiger partial charge in [0.05, 0.1) is 30.1 Å². The summed E-state index contributed by atoms with van der Waals surface area (Å²) in [7, 11) is 0. The summed E-state index contributed by atoms with van der Waals surface area (Å²) in [5.41, 5.74) is 0.516. The molecule has 8 atom stereocenters. The van der Waals surface area contributed by atoms with Crippen LogP contribution in [0, 0.1) is 17.8 Å². The van der Waals surface area contributed by atoms with E-state index in [4.69, 9.17) is 9.47 Å². The van der Waals surface area contributed by atoms with Crippen LogP contribution in [-0.2, 0) is 35.3 Å². The molecular weight excluding hydrogens is 732 g/mol. The number of benzene rings is 2. The lowest BCUT2D eigenvalue weighted by Crippen LogP contribution is -2.58. The Morgan fingerprint density at radius 3 is 2.52 bits per heavy atom. The van der Waals surface area contributed by atoms with E-state index in [0.717, 1.165) is 0 Å². The van der Waals surface area contributed by atoms with Crippen molar-refractivity contribution < 1.29 is 33.8 Å². The van der Waals surface area contributed by atoms with Crippen LogP contribution in [0.15, 0.2) is 77.3 Å². The molecule has 14 heteroatoms. The Kier molecular flexibility index (Phi) is 10.1. The summed E-state index contributed by atoms with van der Waals surface area (Å²) >= 11 is 3.62. The molecule has 13 nitrogen and oxygen atoms in total. The maximum atomic E-state index is 15.2. The van der Waals surface area contributed by atoms with E-state index in [1.165, 1.54) is 4.90 Å². The first kappa shape index (κ1) is 36.0. The van der Waals surface area contributed by atoms with Crippen molar-refractivity contribution in [3.63, 3.8) is 0 Å². The van der Waals surface area contributed by atoms with E-state index in [9.17, 15) is 19.5 Å². The topological polar surface area (TPSA) is 156 Å². The van der Waals surface area contributed by atoms with Crippen LogP contribution in [0.25, 0.3) is 11.0 Å². The number of ether oxygens (including phenoxy) is 2. The Hall–Kier alpha value is -4.40. The van der Waals surface area contributed by atoms with Crippen molar-refractivity contribution in [3.8, 4) is 0 Å². The molecule has 7 rings (SSSR count). The van der Waals surface area contributed by atoms with Gasteiger partial charge in [0.25, 0.3) is 5.91 Å². The molecule has 4 aliphatic heterocycles. The number of cyclic esters (lactones) is 1. The number of fused-ring (bicyclic) bond motifs is 3. The summed E-state index contributed by atoms with van der Waals surface area (Å²) in [6.45, 7) is 5.47. The molecule has 1 aromatic heterocycles. The average molecular weight is 776 g/mol. The van der Waals surface area contributed by atoms with Gasteiger partial charge in [0.1, 0.15) is 42.0 Å². The van der Waals surface area contributed by atoms with Crippen LogP contribution >= 0.6 is 15.9 Å². The molecule has 2 aromatic carbocycles. The van der Waals surface area contributed by atoms with Crippen LogP contribution in [0.5, 0.6) is 0 Å². The largest absolute Gasteiger partial charge is 0.455 e. The number of rotatable bonds is 7. The molecule has 2 fully saturated rings. The number of likely N-dealkylation sites (tertiary alicyclic amines) is 1. The highest BCUT2D eigenvalue weighted by Crippen LogP contribution is 2.59. The first-order chi connectivity index (χ1) is 25.0. The Morgan fingerprint density at radius 1 is 1.02 bits per heavy atom. The molecule has 5 bridgehead atoms. The smallest absolute Gasteiger partial charge is 0.313 e. The molecule has 274 valence electrons. The summed E-state index contributed by atoms with van der Waals surface area (Å²) in [6, 6.07) is 14.0. The lowest BCUT2D eigenvalue weighted by atomic mass is 9.74. The minimum Gasteiger partial charge on any atom is -0.455 e. The average Bonchev–Trinajstić information content (AvgIpc) is 3.85. The lowest BCUT2D eigenvalue weighted by Gasteiger charge is -2.39. The number of halogens is 1. The van der Waals surface area contributed by atoms with Crippen LogP contribution in [0.4, 0.5) is 0 Å². The summed E-state index contributed by atoms with van der Waals surface area (Å²) in [5, 5.41) is 22.4. The number of nitrogens with one attached hydrogen (secondary N) is 1. The highest BCUT2D eigenvalue weighted by atomic mass is 79.9. The van der Waals surface area contributed by atoms with Crippen molar-refractivity contribution in [2.24, 2.45) is 17.8 Å². The number of allylic oxidation sites excluding steroid dienone is 1. The van der Waals surface area contributed by atoms with Crippen molar-refractivity contribution in [3.05, 3.63) is 82.9 Å². The van der Waals surface area contributed by atoms with Gasteiger partial charge in [0.2, 0.25) is 11.8 Å². The second-order valence-electron chi connectivity index (χ2n) is 14.5. The van der Waals surface area contributed by atoms with Gasteiger partial charge in [-0.05, 0) is 49.5 Å². The Morgan fingerprint density at radius 2 is 1.77 bits per heavy atom. The van der Waals surface area contributed by atoms with Crippen LogP contribution in [0.3, 0.4) is 0 Å². The van der Waals surface area contributed by atoms with E-state index < -0.39 is 65.6 Å².